The second-order valence-electron chi connectivity index (χ2n) is 5.95. The zero-order chi connectivity index (χ0) is 15.8. The van der Waals surface area contributed by atoms with Gasteiger partial charge in [0, 0.05) is 24.4 Å². The highest BCUT2D eigenvalue weighted by atomic mass is 32.1. The molecule has 118 valence electrons. The first-order chi connectivity index (χ1) is 11.3. The fourth-order valence-corrected chi connectivity index (χ4v) is 4.22. The van der Waals surface area contributed by atoms with Crippen LogP contribution in [0.1, 0.15) is 22.0 Å². The summed E-state index contributed by atoms with van der Waals surface area (Å²) in [5.74, 6) is 0.673. The number of likely N-dealkylation sites (tertiary alicyclic amines) is 1. The lowest BCUT2D eigenvalue weighted by molar-refractivity contribution is 0.0780. The normalized spacial score (nSPS) is 21.2. The molecule has 0 saturated carbocycles. The molecule has 0 unspecified atom stereocenters. The van der Waals surface area contributed by atoms with E-state index in [9.17, 15) is 4.79 Å². The smallest absolute Gasteiger partial charge is 0.271 e. The first kappa shape index (κ1) is 14.4. The second-order valence-corrected chi connectivity index (χ2v) is 6.84. The van der Waals surface area contributed by atoms with Crippen LogP contribution in [0.4, 0.5) is 0 Å². The first-order valence-electron chi connectivity index (χ1n) is 7.71. The highest BCUT2D eigenvalue weighted by Gasteiger charge is 2.36. The van der Waals surface area contributed by atoms with Crippen LogP contribution in [0.3, 0.4) is 0 Å². The Hall–Kier alpha value is -2.18. The standard InChI is InChI=1S/C17H18N4OS/c18-6-13-8-20(9-14(13)12-4-2-1-3-5-12)17(22)15-10-23-16-7-19-11-21(15)16/h1-5,7,10-11,13-14H,6,8-9,18H2/t13-,14+/m1/s1. The molecule has 6 heteroatoms. The average molecular weight is 326 g/mol. The minimum Gasteiger partial charge on any atom is -0.336 e. The van der Waals surface area contributed by atoms with Crippen LogP contribution in [0.15, 0.2) is 48.2 Å². The van der Waals surface area contributed by atoms with Crippen LogP contribution in [-0.2, 0) is 0 Å². The SMILES string of the molecule is NC[C@@H]1CN(C(=O)c2csc3cncn23)C[C@H]1c1ccccc1. The van der Waals surface area contributed by atoms with Crippen molar-refractivity contribution in [2.75, 3.05) is 19.6 Å². The fourth-order valence-electron chi connectivity index (χ4n) is 3.39. The molecule has 1 aromatic carbocycles. The van der Waals surface area contributed by atoms with Gasteiger partial charge in [-0.2, -0.15) is 0 Å². The molecule has 23 heavy (non-hydrogen) atoms. The van der Waals surface area contributed by atoms with Gasteiger partial charge < -0.3 is 10.6 Å². The molecule has 5 nitrogen and oxygen atoms in total. The molecule has 2 aromatic heterocycles. The largest absolute Gasteiger partial charge is 0.336 e. The maximum atomic E-state index is 12.9. The van der Waals surface area contributed by atoms with Gasteiger partial charge in [-0.15, -0.1) is 11.3 Å². The predicted octanol–water partition coefficient (Wildman–Crippen LogP) is 2.21. The summed E-state index contributed by atoms with van der Waals surface area (Å²) < 4.78 is 1.86. The van der Waals surface area contributed by atoms with E-state index in [0.29, 0.717) is 30.6 Å². The van der Waals surface area contributed by atoms with E-state index < -0.39 is 0 Å². The van der Waals surface area contributed by atoms with E-state index in [2.05, 4.69) is 17.1 Å². The molecule has 1 aliphatic rings. The Balaban J connectivity index is 1.61. The fraction of sp³-hybridized carbons (Fsp3) is 0.294. The number of carbonyl (C=O) groups is 1. The number of hydrogen-bond donors (Lipinski definition) is 1. The lowest BCUT2D eigenvalue weighted by Gasteiger charge is -2.16. The molecule has 3 aromatic rings. The second kappa shape index (κ2) is 5.79. The van der Waals surface area contributed by atoms with Crippen LogP contribution in [0.2, 0.25) is 0 Å². The summed E-state index contributed by atoms with van der Waals surface area (Å²) in [5, 5.41) is 1.91. The van der Waals surface area contributed by atoms with Gasteiger partial charge in [-0.3, -0.25) is 9.20 Å². The molecule has 2 N–H and O–H groups in total. The number of amides is 1. The number of nitrogens with zero attached hydrogens (tertiary/aromatic N) is 3. The summed E-state index contributed by atoms with van der Waals surface area (Å²) in [7, 11) is 0. The van der Waals surface area contributed by atoms with Crippen LogP contribution in [-0.4, -0.2) is 39.8 Å². The molecule has 1 amide bonds. The highest BCUT2D eigenvalue weighted by molar-refractivity contribution is 7.15. The number of benzene rings is 1. The lowest BCUT2D eigenvalue weighted by atomic mass is 9.89. The molecule has 0 aliphatic carbocycles. The maximum absolute atomic E-state index is 12.9. The zero-order valence-corrected chi connectivity index (χ0v) is 13.4. The Morgan fingerprint density at radius 1 is 1.30 bits per heavy atom. The summed E-state index contributed by atoms with van der Waals surface area (Å²) in [6.07, 6.45) is 3.48. The van der Waals surface area contributed by atoms with E-state index in [1.54, 1.807) is 12.5 Å². The van der Waals surface area contributed by atoms with Crippen molar-refractivity contribution in [1.29, 1.82) is 0 Å². The molecular formula is C17H18N4OS. The number of nitrogens with two attached hydrogens (primary N) is 1. The van der Waals surface area contributed by atoms with E-state index in [1.165, 1.54) is 16.9 Å². The first-order valence-corrected chi connectivity index (χ1v) is 8.59. The molecule has 4 rings (SSSR count). The Morgan fingerprint density at radius 3 is 2.91 bits per heavy atom. The van der Waals surface area contributed by atoms with Gasteiger partial charge in [-0.05, 0) is 18.0 Å². The summed E-state index contributed by atoms with van der Waals surface area (Å²) in [4.78, 5) is 19.9. The van der Waals surface area contributed by atoms with Gasteiger partial charge in [0.1, 0.15) is 16.9 Å². The van der Waals surface area contributed by atoms with E-state index in [0.717, 1.165) is 11.4 Å². The molecule has 0 spiro atoms. The van der Waals surface area contributed by atoms with Gasteiger partial charge in [0.2, 0.25) is 0 Å². The third-order valence-corrected chi connectivity index (χ3v) is 5.52. The number of fused-ring (bicyclic) bond motifs is 1. The molecule has 1 fully saturated rings. The number of carbonyl (C=O) groups excluding carboxylic acids is 1. The monoisotopic (exact) mass is 326 g/mol. The van der Waals surface area contributed by atoms with Gasteiger partial charge in [0.05, 0.1) is 6.20 Å². The van der Waals surface area contributed by atoms with Gasteiger partial charge in [-0.25, -0.2) is 4.98 Å². The van der Waals surface area contributed by atoms with E-state index >= 15 is 0 Å². The molecule has 0 radical (unpaired) electrons. The number of imidazole rings is 1. The number of hydrogen-bond acceptors (Lipinski definition) is 4. The molecule has 2 atom stereocenters. The van der Waals surface area contributed by atoms with Crippen molar-refractivity contribution in [3.63, 3.8) is 0 Å². The van der Waals surface area contributed by atoms with Gasteiger partial charge in [0.15, 0.2) is 0 Å². The summed E-state index contributed by atoms with van der Waals surface area (Å²) in [6, 6.07) is 10.3. The van der Waals surface area contributed by atoms with Crippen molar-refractivity contribution >= 4 is 22.1 Å². The molecular weight excluding hydrogens is 308 g/mol. The Labute approximate surface area is 138 Å². The van der Waals surface area contributed by atoms with Crippen molar-refractivity contribution in [2.45, 2.75) is 5.92 Å². The van der Waals surface area contributed by atoms with Crippen LogP contribution in [0, 0.1) is 5.92 Å². The summed E-state index contributed by atoms with van der Waals surface area (Å²) in [6.45, 7) is 2.02. The summed E-state index contributed by atoms with van der Waals surface area (Å²) >= 11 is 1.54. The number of thiazole rings is 1. The average Bonchev–Trinajstić information content (AvgIpc) is 3.29. The Kier molecular flexibility index (Phi) is 3.63. The molecule has 1 aliphatic heterocycles. The van der Waals surface area contributed by atoms with Gasteiger partial charge in [0.25, 0.3) is 5.91 Å². The van der Waals surface area contributed by atoms with E-state index in [-0.39, 0.29) is 5.91 Å². The molecule has 0 bridgehead atoms. The van der Waals surface area contributed by atoms with Crippen molar-refractivity contribution in [1.82, 2.24) is 14.3 Å². The third kappa shape index (κ3) is 2.44. The van der Waals surface area contributed by atoms with Crippen molar-refractivity contribution in [2.24, 2.45) is 11.7 Å². The van der Waals surface area contributed by atoms with Crippen molar-refractivity contribution in [3.8, 4) is 0 Å². The minimum atomic E-state index is 0.0612. The van der Waals surface area contributed by atoms with E-state index in [1.807, 2.05) is 32.9 Å². The Morgan fingerprint density at radius 2 is 2.13 bits per heavy atom. The molecule has 3 heterocycles. The van der Waals surface area contributed by atoms with Gasteiger partial charge >= 0.3 is 0 Å². The quantitative estimate of drug-likeness (QED) is 0.802. The van der Waals surface area contributed by atoms with Crippen LogP contribution >= 0.6 is 11.3 Å². The maximum Gasteiger partial charge on any atom is 0.271 e. The predicted molar refractivity (Wildman–Crippen MR) is 90.7 cm³/mol. The lowest BCUT2D eigenvalue weighted by Crippen LogP contribution is -2.30. The summed E-state index contributed by atoms with van der Waals surface area (Å²) in [5.41, 5.74) is 7.91. The Bertz CT molecular complexity index is 825. The number of rotatable bonds is 3. The van der Waals surface area contributed by atoms with Crippen LogP contribution < -0.4 is 5.73 Å². The van der Waals surface area contributed by atoms with Gasteiger partial charge in [-0.1, -0.05) is 30.3 Å². The van der Waals surface area contributed by atoms with Crippen molar-refractivity contribution < 1.29 is 4.79 Å². The van der Waals surface area contributed by atoms with E-state index in [4.69, 9.17) is 5.73 Å². The topological polar surface area (TPSA) is 63.6 Å². The van der Waals surface area contributed by atoms with Crippen LogP contribution in [0.5, 0.6) is 0 Å². The minimum absolute atomic E-state index is 0.0612. The van der Waals surface area contributed by atoms with Crippen molar-refractivity contribution in [3.05, 3.63) is 59.5 Å². The highest BCUT2D eigenvalue weighted by Crippen LogP contribution is 2.33. The molecule has 1 saturated heterocycles. The zero-order valence-electron chi connectivity index (χ0n) is 12.6. The third-order valence-electron chi connectivity index (χ3n) is 4.63. The number of aromatic nitrogens is 2. The van der Waals surface area contributed by atoms with Crippen LogP contribution in [0.25, 0.3) is 4.83 Å².